The Morgan fingerprint density at radius 1 is 1.25 bits per heavy atom. The largest absolute Gasteiger partial charge is 2.00 e. The molecule has 0 aromatic heterocycles. The van der Waals surface area contributed by atoms with Gasteiger partial charge in [0, 0.05) is 0 Å². The molecule has 0 rings (SSSR count). The maximum absolute atomic E-state index is 7.94. The third-order valence-corrected chi connectivity index (χ3v) is 0. The Bertz CT molecular complexity index is 6.00. The van der Waals surface area contributed by atoms with Crippen LogP contribution in [0.25, 0.3) is 0 Å². The molecule has 0 saturated carbocycles. The van der Waals surface area contributed by atoms with Crippen molar-refractivity contribution in [3.63, 3.8) is 0 Å². The van der Waals surface area contributed by atoms with Gasteiger partial charge in [-0.1, -0.05) is 0 Å². The van der Waals surface area contributed by atoms with Crippen molar-refractivity contribution < 1.29 is 44.5 Å². The predicted octanol–water partition coefficient (Wildman–Crippen LogP) is -0.243. The Labute approximate surface area is 44.8 Å². The normalized spacial score (nSPS) is 1.25. The monoisotopic (exact) mass is 155 g/mol. The molecule has 0 amide bonds. The van der Waals surface area contributed by atoms with E-state index in [9.17, 15) is 0 Å². The maximum atomic E-state index is 7.94. The van der Waals surface area contributed by atoms with E-state index in [0.29, 0.717) is 0 Å². The van der Waals surface area contributed by atoms with Crippen LogP contribution in [0.4, 0.5) is 0 Å². The van der Waals surface area contributed by atoms with E-state index >= 15 is 0 Å². The van der Waals surface area contributed by atoms with Crippen LogP contribution >= 0.6 is 0 Å². The molecule has 2 nitrogen and oxygen atoms in total. The molecule has 0 heterocycles. The third kappa shape index (κ3) is 13.0. The molecule has 4 heavy (non-hydrogen) atoms. The summed E-state index contributed by atoms with van der Waals surface area (Å²) in [5.74, 6) is 0. The van der Waals surface area contributed by atoms with Crippen LogP contribution in [0.15, 0.2) is 0 Å². The fourth-order valence-corrected chi connectivity index (χ4v) is 0. The summed E-state index contributed by atoms with van der Waals surface area (Å²) in [6, 6.07) is 0. The smallest absolute Gasteiger partial charge is 2.00 e. The Kier molecular flexibility index (Phi) is 212. The van der Waals surface area contributed by atoms with Gasteiger partial charge >= 0.3 is 39.0 Å². The van der Waals surface area contributed by atoms with Gasteiger partial charge in [-0.05, 0) is 0 Å². The number of rotatable bonds is 0. The zero-order chi connectivity index (χ0) is 2.00. The van der Waals surface area contributed by atoms with Gasteiger partial charge in [-0.25, -0.2) is 0 Å². The van der Waals surface area contributed by atoms with E-state index in [0.717, 1.165) is 0 Å². The van der Waals surface area contributed by atoms with E-state index in [2.05, 4.69) is 15.7 Å². The fraction of sp³-hybridized carbons (Fsp3) is 0. The van der Waals surface area contributed by atoms with Crippen molar-refractivity contribution in [2.75, 3.05) is 0 Å². The molecule has 0 aliphatic heterocycles. The Balaban J connectivity index is -0.00000000500. The number of hydrogen-bond acceptors (Lipinski definition) is 1. The van der Waals surface area contributed by atoms with Crippen LogP contribution in [0, 0.1) is 0 Å². The average molecular weight is 156 g/mol. The summed E-state index contributed by atoms with van der Waals surface area (Å²) in [5, 5.41) is 0. The third-order valence-electron chi connectivity index (χ3n) is 0. The molecule has 0 N–H and O–H groups in total. The van der Waals surface area contributed by atoms with E-state index in [1.54, 1.807) is 0 Å². The summed E-state index contributed by atoms with van der Waals surface area (Å²) >= 11 is 2.31. The van der Waals surface area contributed by atoms with Gasteiger partial charge in [-0.2, -0.15) is 0 Å². The first-order valence-electron chi connectivity index (χ1n) is 0.136. The van der Waals surface area contributed by atoms with Gasteiger partial charge < -0.3 is 5.48 Å². The van der Waals surface area contributed by atoms with E-state index in [1.807, 2.05) is 0 Å². The van der Waals surface area contributed by atoms with Gasteiger partial charge in [-0.3, -0.25) is 0 Å². The number of hydrogen-bond donors (Lipinski definition) is 0. The quantitative estimate of drug-likeness (QED) is 0.446. The van der Waals surface area contributed by atoms with Crippen molar-refractivity contribution in [3.05, 3.63) is 0 Å². The molecule has 0 aliphatic carbocycles. The second kappa shape index (κ2) is 41.0. The second-order valence-corrected chi connectivity index (χ2v) is 0. The van der Waals surface area contributed by atoms with E-state index < -0.39 is 0 Å². The first-order chi connectivity index (χ1) is 1.00. The zero-order valence-electron chi connectivity index (χ0n) is 1.86. The second-order valence-electron chi connectivity index (χ2n) is 0. The molecule has 0 spiro atoms. The Morgan fingerprint density at radius 3 is 1.25 bits per heavy atom. The molecule has 4 heteroatoms. The molecule has 0 unspecified atom stereocenters. The summed E-state index contributed by atoms with van der Waals surface area (Å²) in [5.41, 5.74) is 0. The minimum Gasteiger partial charge on any atom is 2.00 e. The van der Waals surface area contributed by atoms with Crippen molar-refractivity contribution in [3.8, 4) is 0 Å². The van der Waals surface area contributed by atoms with Crippen LogP contribution in [-0.2, 0) is 44.5 Å². The summed E-state index contributed by atoms with van der Waals surface area (Å²) in [7, 11) is 0. The summed E-state index contributed by atoms with van der Waals surface area (Å²) in [6.45, 7) is 0. The van der Waals surface area contributed by atoms with Crippen LogP contribution in [0.1, 0.15) is 0 Å². The molecule has 0 bridgehead atoms. The van der Waals surface area contributed by atoms with Crippen molar-refractivity contribution >= 4 is 0 Å². The molecule has 0 radical (unpaired) electrons. The van der Waals surface area contributed by atoms with Crippen molar-refractivity contribution in [1.82, 2.24) is 0 Å². The molecule has 0 aliphatic rings. The molecule has 23 valence electrons. The topological polar surface area (TPSA) is 45.6 Å². The Morgan fingerprint density at radius 2 is 1.25 bits per heavy atom. The van der Waals surface area contributed by atoms with Gasteiger partial charge in [0.2, 0.25) is 0 Å². The van der Waals surface area contributed by atoms with Gasteiger partial charge in [0.25, 0.3) is 0 Å². The minimum atomic E-state index is 0. The molecular formula is CoO2Zn. The van der Waals surface area contributed by atoms with Gasteiger partial charge in [0.15, 0.2) is 0 Å². The van der Waals surface area contributed by atoms with E-state index in [1.165, 1.54) is 0 Å². The summed E-state index contributed by atoms with van der Waals surface area (Å²) < 4.78 is 7.94. The first-order valence-corrected chi connectivity index (χ1v) is 0.561. The molecule has 0 aromatic rings. The van der Waals surface area contributed by atoms with Crippen molar-refractivity contribution in [2.45, 2.75) is 0 Å². The fourth-order valence-electron chi connectivity index (χ4n) is 0. The van der Waals surface area contributed by atoms with Crippen molar-refractivity contribution in [1.29, 1.82) is 0 Å². The average Bonchev–Trinajstić information content (AvgIpc) is 1.00. The van der Waals surface area contributed by atoms with E-state index in [-0.39, 0.29) is 25.0 Å². The summed E-state index contributed by atoms with van der Waals surface area (Å²) in [4.78, 5) is 0. The SMILES string of the molecule is [O-2].[O]=[Co].[Zn+2]. The van der Waals surface area contributed by atoms with Gasteiger partial charge in [-0.15, -0.1) is 0 Å². The zero-order valence-corrected chi connectivity index (χ0v) is 5.87. The van der Waals surface area contributed by atoms with Crippen LogP contribution < -0.4 is 0 Å². The van der Waals surface area contributed by atoms with E-state index in [4.69, 9.17) is 3.87 Å². The molecule has 0 aromatic carbocycles. The molecule has 0 atom stereocenters. The Hall–Kier alpha value is 0.890. The maximum Gasteiger partial charge on any atom is 2.00 e. The molecule has 0 saturated heterocycles. The van der Waals surface area contributed by atoms with Gasteiger partial charge in [0.05, 0.1) is 0 Å². The van der Waals surface area contributed by atoms with Crippen LogP contribution in [0.5, 0.6) is 0 Å². The molecule has 0 fully saturated rings. The van der Waals surface area contributed by atoms with Crippen LogP contribution in [0.2, 0.25) is 0 Å². The molecular weight excluding hydrogens is 156 g/mol. The predicted molar refractivity (Wildman–Crippen MR) is 1.37 cm³/mol. The standard InChI is InChI=1S/Co.2O.Zn/q;;-2;+2. The van der Waals surface area contributed by atoms with Crippen molar-refractivity contribution in [2.24, 2.45) is 0 Å². The van der Waals surface area contributed by atoms with Crippen LogP contribution in [-0.4, -0.2) is 0 Å². The minimum absolute atomic E-state index is 0. The first kappa shape index (κ1) is 20.7. The summed E-state index contributed by atoms with van der Waals surface area (Å²) in [6.07, 6.45) is 0. The van der Waals surface area contributed by atoms with Gasteiger partial charge in [0.1, 0.15) is 0 Å². The van der Waals surface area contributed by atoms with Crippen LogP contribution in [0.3, 0.4) is 0 Å².